The second-order valence-corrected chi connectivity index (χ2v) is 4.33. The van der Waals surface area contributed by atoms with Gasteiger partial charge in [-0.1, -0.05) is 17.3 Å². The SMILES string of the molecule is Nc1cncc(-c2nc(Cc3cccc(F)c3)no2)c1. The van der Waals surface area contributed by atoms with Crippen LogP contribution in [0.1, 0.15) is 11.4 Å². The third kappa shape index (κ3) is 2.64. The first-order valence-corrected chi connectivity index (χ1v) is 5.98. The number of nitrogens with zero attached hydrogens (tertiary/aromatic N) is 3. The molecule has 0 unspecified atom stereocenters. The number of nitrogen functional groups attached to an aromatic ring is 1. The molecule has 0 spiro atoms. The van der Waals surface area contributed by atoms with Gasteiger partial charge in [-0.3, -0.25) is 4.98 Å². The van der Waals surface area contributed by atoms with Gasteiger partial charge in [0.05, 0.1) is 11.3 Å². The minimum atomic E-state index is -0.286. The van der Waals surface area contributed by atoms with Crippen LogP contribution in [0.2, 0.25) is 0 Å². The van der Waals surface area contributed by atoms with E-state index in [4.69, 9.17) is 10.3 Å². The molecule has 1 aromatic carbocycles. The Hall–Kier alpha value is -2.76. The van der Waals surface area contributed by atoms with Crippen LogP contribution in [0.5, 0.6) is 0 Å². The Morgan fingerprint density at radius 1 is 1.20 bits per heavy atom. The van der Waals surface area contributed by atoms with Crippen molar-refractivity contribution in [3.8, 4) is 11.5 Å². The van der Waals surface area contributed by atoms with Gasteiger partial charge in [0.2, 0.25) is 0 Å². The Morgan fingerprint density at radius 3 is 2.90 bits per heavy atom. The molecule has 2 aromatic heterocycles. The van der Waals surface area contributed by atoms with Gasteiger partial charge in [-0.25, -0.2) is 4.39 Å². The Morgan fingerprint density at radius 2 is 2.10 bits per heavy atom. The minimum absolute atomic E-state index is 0.286. The van der Waals surface area contributed by atoms with E-state index in [-0.39, 0.29) is 5.82 Å². The zero-order valence-corrected chi connectivity index (χ0v) is 10.5. The van der Waals surface area contributed by atoms with Crippen LogP contribution in [-0.4, -0.2) is 15.1 Å². The average Bonchev–Trinajstić information content (AvgIpc) is 2.87. The van der Waals surface area contributed by atoms with Gasteiger partial charge >= 0.3 is 0 Å². The van der Waals surface area contributed by atoms with E-state index in [0.29, 0.717) is 29.4 Å². The molecule has 0 saturated heterocycles. The molecule has 0 amide bonds. The number of hydrogen-bond acceptors (Lipinski definition) is 5. The maximum absolute atomic E-state index is 13.1. The van der Waals surface area contributed by atoms with Crippen LogP contribution in [0.3, 0.4) is 0 Å². The van der Waals surface area contributed by atoms with E-state index >= 15 is 0 Å². The molecular formula is C14H11FN4O. The second-order valence-electron chi connectivity index (χ2n) is 4.33. The summed E-state index contributed by atoms with van der Waals surface area (Å²) >= 11 is 0. The van der Waals surface area contributed by atoms with Gasteiger partial charge in [0, 0.05) is 18.8 Å². The number of pyridine rings is 1. The van der Waals surface area contributed by atoms with Crippen LogP contribution in [0.4, 0.5) is 10.1 Å². The zero-order chi connectivity index (χ0) is 13.9. The molecule has 5 nitrogen and oxygen atoms in total. The van der Waals surface area contributed by atoms with Crippen molar-refractivity contribution >= 4 is 5.69 Å². The highest BCUT2D eigenvalue weighted by Crippen LogP contribution is 2.19. The molecule has 0 aliphatic rings. The summed E-state index contributed by atoms with van der Waals surface area (Å²) in [5.41, 5.74) is 7.61. The number of hydrogen-bond donors (Lipinski definition) is 1. The molecule has 20 heavy (non-hydrogen) atoms. The van der Waals surface area contributed by atoms with Crippen molar-refractivity contribution in [1.82, 2.24) is 15.1 Å². The number of aromatic nitrogens is 3. The summed E-state index contributed by atoms with van der Waals surface area (Å²) < 4.78 is 18.3. The van der Waals surface area contributed by atoms with Gasteiger partial charge in [0.15, 0.2) is 5.82 Å². The van der Waals surface area contributed by atoms with Crippen LogP contribution >= 0.6 is 0 Å². The van der Waals surface area contributed by atoms with Crippen molar-refractivity contribution in [1.29, 1.82) is 0 Å². The lowest BCUT2D eigenvalue weighted by molar-refractivity contribution is 0.423. The monoisotopic (exact) mass is 270 g/mol. The van der Waals surface area contributed by atoms with Crippen LogP contribution in [0.15, 0.2) is 47.2 Å². The lowest BCUT2D eigenvalue weighted by Gasteiger charge is -1.96. The second kappa shape index (κ2) is 5.08. The Bertz CT molecular complexity index is 741. The first-order valence-electron chi connectivity index (χ1n) is 5.98. The van der Waals surface area contributed by atoms with E-state index < -0.39 is 0 Å². The quantitative estimate of drug-likeness (QED) is 0.790. The maximum atomic E-state index is 13.1. The number of nitrogens with two attached hydrogens (primary N) is 1. The third-order valence-corrected chi connectivity index (χ3v) is 2.73. The van der Waals surface area contributed by atoms with Gasteiger partial charge in [-0.2, -0.15) is 4.98 Å². The van der Waals surface area contributed by atoms with Gasteiger partial charge < -0.3 is 10.3 Å². The van der Waals surface area contributed by atoms with Crippen molar-refractivity contribution < 1.29 is 8.91 Å². The topological polar surface area (TPSA) is 77.8 Å². The highest BCUT2D eigenvalue weighted by molar-refractivity contribution is 5.57. The molecular weight excluding hydrogens is 259 g/mol. The lowest BCUT2D eigenvalue weighted by atomic mass is 10.1. The largest absolute Gasteiger partial charge is 0.397 e. The number of rotatable bonds is 3. The standard InChI is InChI=1S/C14H11FN4O/c15-11-3-1-2-9(4-11)5-13-18-14(20-19-13)10-6-12(16)8-17-7-10/h1-4,6-8H,5,16H2. The van der Waals surface area contributed by atoms with E-state index in [2.05, 4.69) is 15.1 Å². The summed E-state index contributed by atoms with van der Waals surface area (Å²) in [5, 5.41) is 3.87. The highest BCUT2D eigenvalue weighted by Gasteiger charge is 2.10. The Labute approximate surface area is 114 Å². The molecule has 2 heterocycles. The van der Waals surface area contributed by atoms with Gasteiger partial charge in [-0.15, -0.1) is 0 Å². The fourth-order valence-corrected chi connectivity index (χ4v) is 1.85. The first kappa shape index (κ1) is 12.3. The molecule has 0 fully saturated rings. The fraction of sp³-hybridized carbons (Fsp3) is 0.0714. The van der Waals surface area contributed by atoms with E-state index in [1.165, 1.54) is 18.3 Å². The van der Waals surface area contributed by atoms with E-state index in [1.807, 2.05) is 0 Å². The lowest BCUT2D eigenvalue weighted by Crippen LogP contribution is -1.92. The molecule has 2 N–H and O–H groups in total. The van der Waals surface area contributed by atoms with Crippen LogP contribution < -0.4 is 5.73 Å². The summed E-state index contributed by atoms with van der Waals surface area (Å²) in [7, 11) is 0. The molecule has 0 saturated carbocycles. The predicted molar refractivity (Wildman–Crippen MR) is 71.1 cm³/mol. The van der Waals surface area contributed by atoms with E-state index in [1.54, 1.807) is 24.4 Å². The highest BCUT2D eigenvalue weighted by atomic mass is 19.1. The van der Waals surface area contributed by atoms with Crippen LogP contribution in [-0.2, 0) is 6.42 Å². The summed E-state index contributed by atoms with van der Waals surface area (Å²) in [4.78, 5) is 8.21. The molecule has 0 atom stereocenters. The summed E-state index contributed by atoms with van der Waals surface area (Å²) in [6, 6.07) is 7.99. The normalized spacial score (nSPS) is 10.7. The predicted octanol–water partition coefficient (Wildman–Crippen LogP) is 2.44. The van der Waals surface area contributed by atoms with Crippen molar-refractivity contribution in [2.75, 3.05) is 5.73 Å². The van der Waals surface area contributed by atoms with Crippen molar-refractivity contribution in [3.63, 3.8) is 0 Å². The molecule has 3 aromatic rings. The molecule has 0 bridgehead atoms. The molecule has 6 heteroatoms. The Kier molecular flexibility index (Phi) is 3.12. The van der Waals surface area contributed by atoms with Crippen molar-refractivity contribution in [2.24, 2.45) is 0 Å². The van der Waals surface area contributed by atoms with Crippen LogP contribution in [0.25, 0.3) is 11.5 Å². The number of halogens is 1. The number of benzene rings is 1. The first-order chi connectivity index (χ1) is 9.70. The third-order valence-electron chi connectivity index (χ3n) is 2.73. The average molecular weight is 270 g/mol. The van der Waals surface area contributed by atoms with E-state index in [9.17, 15) is 4.39 Å². The molecule has 0 aliphatic carbocycles. The summed E-state index contributed by atoms with van der Waals surface area (Å²) in [5.74, 6) is 0.537. The molecule has 0 aliphatic heterocycles. The fourth-order valence-electron chi connectivity index (χ4n) is 1.85. The van der Waals surface area contributed by atoms with Crippen LogP contribution in [0, 0.1) is 5.82 Å². The smallest absolute Gasteiger partial charge is 0.259 e. The molecule has 3 rings (SSSR count). The Balaban J connectivity index is 1.84. The van der Waals surface area contributed by atoms with Gasteiger partial charge in [0.1, 0.15) is 5.82 Å². The number of anilines is 1. The summed E-state index contributed by atoms with van der Waals surface area (Å²) in [6.07, 6.45) is 3.53. The van der Waals surface area contributed by atoms with Gasteiger partial charge in [-0.05, 0) is 23.8 Å². The maximum Gasteiger partial charge on any atom is 0.259 e. The molecule has 100 valence electrons. The minimum Gasteiger partial charge on any atom is -0.397 e. The van der Waals surface area contributed by atoms with E-state index in [0.717, 1.165) is 5.56 Å². The van der Waals surface area contributed by atoms with Gasteiger partial charge in [0.25, 0.3) is 5.89 Å². The molecule has 0 radical (unpaired) electrons. The van der Waals surface area contributed by atoms with Crippen molar-refractivity contribution in [3.05, 3.63) is 59.9 Å². The van der Waals surface area contributed by atoms with Crippen molar-refractivity contribution in [2.45, 2.75) is 6.42 Å². The summed E-state index contributed by atoms with van der Waals surface area (Å²) in [6.45, 7) is 0. The zero-order valence-electron chi connectivity index (χ0n) is 10.5.